The third-order valence-corrected chi connectivity index (χ3v) is 2.52. The van der Waals surface area contributed by atoms with Crippen LogP contribution in [-0.2, 0) is 11.3 Å². The van der Waals surface area contributed by atoms with E-state index in [0.29, 0.717) is 6.54 Å². The van der Waals surface area contributed by atoms with E-state index >= 15 is 0 Å². The van der Waals surface area contributed by atoms with Gasteiger partial charge in [0.1, 0.15) is 5.02 Å². The predicted octanol–water partition coefficient (Wildman–Crippen LogP) is 1.58. The standard InChI is InChI=1S/C8H10Cl2N2O2/c1-5(14-2)3-12-4-11-7(10)6(9)8(12)13/h4-5H,3H2,1-2H3. The molecule has 0 bridgehead atoms. The van der Waals surface area contributed by atoms with Crippen LogP contribution in [0, 0.1) is 0 Å². The third-order valence-electron chi connectivity index (χ3n) is 1.80. The fraction of sp³-hybridized carbons (Fsp3) is 0.500. The molecule has 0 saturated carbocycles. The highest BCUT2D eigenvalue weighted by Crippen LogP contribution is 2.12. The Bertz CT molecular complexity index is 378. The van der Waals surface area contributed by atoms with Crippen molar-refractivity contribution >= 4 is 23.2 Å². The average molecular weight is 237 g/mol. The minimum atomic E-state index is -0.351. The Morgan fingerprint density at radius 2 is 2.29 bits per heavy atom. The maximum atomic E-state index is 11.5. The van der Waals surface area contributed by atoms with Crippen LogP contribution < -0.4 is 5.56 Å². The first kappa shape index (κ1) is 11.5. The SMILES string of the molecule is COC(C)Cn1cnc(Cl)c(Cl)c1=O. The molecule has 0 saturated heterocycles. The van der Waals surface area contributed by atoms with Gasteiger partial charge >= 0.3 is 0 Å². The molecule has 0 aliphatic carbocycles. The Labute approximate surface area is 91.4 Å². The van der Waals surface area contributed by atoms with Gasteiger partial charge in [0.05, 0.1) is 19.0 Å². The van der Waals surface area contributed by atoms with Crippen LogP contribution in [-0.4, -0.2) is 22.8 Å². The Hall–Kier alpha value is -0.580. The highest BCUT2D eigenvalue weighted by atomic mass is 35.5. The van der Waals surface area contributed by atoms with Crippen molar-refractivity contribution in [1.29, 1.82) is 0 Å². The number of rotatable bonds is 3. The van der Waals surface area contributed by atoms with Gasteiger partial charge in [-0.2, -0.15) is 0 Å². The molecule has 1 aromatic heterocycles. The van der Waals surface area contributed by atoms with Crippen LogP contribution in [0.3, 0.4) is 0 Å². The number of nitrogens with zero attached hydrogens (tertiary/aromatic N) is 2. The molecule has 0 N–H and O–H groups in total. The van der Waals surface area contributed by atoms with Crippen molar-refractivity contribution in [2.24, 2.45) is 0 Å². The fourth-order valence-corrected chi connectivity index (χ4v) is 1.21. The van der Waals surface area contributed by atoms with Gasteiger partial charge in [0.15, 0.2) is 5.15 Å². The number of aromatic nitrogens is 2. The molecular weight excluding hydrogens is 227 g/mol. The summed E-state index contributed by atoms with van der Waals surface area (Å²) in [6.45, 7) is 2.24. The van der Waals surface area contributed by atoms with E-state index in [1.807, 2.05) is 6.92 Å². The van der Waals surface area contributed by atoms with Gasteiger partial charge in [0.25, 0.3) is 5.56 Å². The van der Waals surface area contributed by atoms with Crippen LogP contribution in [0.4, 0.5) is 0 Å². The highest BCUT2D eigenvalue weighted by molar-refractivity contribution is 6.40. The molecule has 14 heavy (non-hydrogen) atoms. The van der Waals surface area contributed by atoms with Crippen molar-refractivity contribution in [3.63, 3.8) is 0 Å². The summed E-state index contributed by atoms with van der Waals surface area (Å²) in [4.78, 5) is 15.3. The molecule has 4 nitrogen and oxygen atoms in total. The number of hydrogen-bond donors (Lipinski definition) is 0. The van der Waals surface area contributed by atoms with Crippen LogP contribution in [0.25, 0.3) is 0 Å². The lowest BCUT2D eigenvalue weighted by Gasteiger charge is -2.11. The zero-order valence-electron chi connectivity index (χ0n) is 7.83. The molecule has 0 aliphatic heterocycles. The summed E-state index contributed by atoms with van der Waals surface area (Å²) < 4.78 is 6.38. The third kappa shape index (κ3) is 2.47. The molecular formula is C8H10Cl2N2O2. The maximum absolute atomic E-state index is 11.5. The lowest BCUT2D eigenvalue weighted by atomic mass is 10.4. The molecule has 0 aliphatic rings. The molecule has 1 aromatic rings. The van der Waals surface area contributed by atoms with E-state index in [1.54, 1.807) is 7.11 Å². The molecule has 0 aromatic carbocycles. The Morgan fingerprint density at radius 1 is 1.64 bits per heavy atom. The van der Waals surface area contributed by atoms with Gasteiger partial charge in [-0.15, -0.1) is 0 Å². The van der Waals surface area contributed by atoms with Crippen LogP contribution >= 0.6 is 23.2 Å². The maximum Gasteiger partial charge on any atom is 0.273 e. The molecule has 0 spiro atoms. The first-order chi connectivity index (χ1) is 6.56. The Morgan fingerprint density at radius 3 is 2.86 bits per heavy atom. The van der Waals surface area contributed by atoms with Crippen LogP contribution in [0.1, 0.15) is 6.92 Å². The summed E-state index contributed by atoms with van der Waals surface area (Å²) in [5.74, 6) is 0. The zero-order chi connectivity index (χ0) is 10.7. The van der Waals surface area contributed by atoms with E-state index < -0.39 is 0 Å². The molecule has 6 heteroatoms. The number of ether oxygens (including phenoxy) is 1. The summed E-state index contributed by atoms with van der Waals surface area (Å²) in [5.41, 5.74) is -0.351. The van der Waals surface area contributed by atoms with Gasteiger partial charge in [-0.25, -0.2) is 4.98 Å². The normalized spacial score (nSPS) is 12.9. The Kier molecular flexibility index (Phi) is 3.92. The first-order valence-corrected chi connectivity index (χ1v) is 4.75. The zero-order valence-corrected chi connectivity index (χ0v) is 9.34. The van der Waals surface area contributed by atoms with E-state index in [2.05, 4.69) is 4.98 Å². The summed E-state index contributed by atoms with van der Waals surface area (Å²) in [6.07, 6.45) is 1.28. The van der Waals surface area contributed by atoms with Gasteiger partial charge in [-0.1, -0.05) is 23.2 Å². The molecule has 1 heterocycles. The fourth-order valence-electron chi connectivity index (χ4n) is 0.925. The monoisotopic (exact) mass is 236 g/mol. The van der Waals surface area contributed by atoms with Crippen molar-refractivity contribution in [1.82, 2.24) is 9.55 Å². The van der Waals surface area contributed by atoms with Crippen LogP contribution in [0.2, 0.25) is 10.2 Å². The van der Waals surface area contributed by atoms with E-state index in [9.17, 15) is 4.79 Å². The first-order valence-electron chi connectivity index (χ1n) is 3.99. The van der Waals surface area contributed by atoms with Crippen molar-refractivity contribution in [3.05, 3.63) is 26.9 Å². The lowest BCUT2D eigenvalue weighted by molar-refractivity contribution is 0.102. The summed E-state index contributed by atoms with van der Waals surface area (Å²) >= 11 is 11.2. The Balaban J connectivity index is 3.00. The molecule has 0 amide bonds. The smallest absolute Gasteiger partial charge is 0.273 e. The van der Waals surface area contributed by atoms with E-state index in [0.717, 1.165) is 0 Å². The van der Waals surface area contributed by atoms with Gasteiger partial charge in [0, 0.05) is 7.11 Å². The quantitative estimate of drug-likeness (QED) is 0.749. The molecule has 0 radical (unpaired) electrons. The van der Waals surface area contributed by atoms with Gasteiger partial charge < -0.3 is 4.74 Å². The minimum absolute atomic E-state index is 0.0259. The van der Waals surface area contributed by atoms with Gasteiger partial charge in [-0.3, -0.25) is 9.36 Å². The second-order valence-electron chi connectivity index (χ2n) is 2.85. The van der Waals surface area contributed by atoms with Crippen molar-refractivity contribution in [3.8, 4) is 0 Å². The average Bonchev–Trinajstić information content (AvgIpc) is 2.19. The molecule has 78 valence electrons. The van der Waals surface area contributed by atoms with Crippen LogP contribution in [0.15, 0.2) is 11.1 Å². The second-order valence-corrected chi connectivity index (χ2v) is 3.59. The molecule has 1 atom stereocenters. The van der Waals surface area contributed by atoms with Crippen LogP contribution in [0.5, 0.6) is 0 Å². The highest BCUT2D eigenvalue weighted by Gasteiger charge is 2.09. The van der Waals surface area contributed by atoms with Crippen molar-refractivity contribution in [2.75, 3.05) is 7.11 Å². The molecule has 0 fully saturated rings. The molecule has 1 unspecified atom stereocenters. The van der Waals surface area contributed by atoms with Gasteiger partial charge in [0.2, 0.25) is 0 Å². The predicted molar refractivity (Wildman–Crippen MR) is 55.0 cm³/mol. The van der Waals surface area contributed by atoms with E-state index in [4.69, 9.17) is 27.9 Å². The number of halogens is 2. The van der Waals surface area contributed by atoms with Crippen molar-refractivity contribution < 1.29 is 4.74 Å². The topological polar surface area (TPSA) is 44.1 Å². The second kappa shape index (κ2) is 4.77. The largest absolute Gasteiger partial charge is 0.380 e. The minimum Gasteiger partial charge on any atom is -0.380 e. The summed E-state index contributed by atoms with van der Waals surface area (Å²) in [5, 5.41) is -0.0320. The number of hydrogen-bond acceptors (Lipinski definition) is 3. The van der Waals surface area contributed by atoms with Crippen molar-refractivity contribution in [2.45, 2.75) is 19.6 Å². The van der Waals surface area contributed by atoms with E-state index in [-0.39, 0.29) is 21.8 Å². The molecule has 1 rings (SSSR count). The van der Waals surface area contributed by atoms with E-state index in [1.165, 1.54) is 10.9 Å². The lowest BCUT2D eigenvalue weighted by Crippen LogP contribution is -2.26. The van der Waals surface area contributed by atoms with Gasteiger partial charge in [-0.05, 0) is 6.92 Å². The number of methoxy groups -OCH3 is 1. The summed E-state index contributed by atoms with van der Waals surface area (Å²) in [7, 11) is 1.57. The summed E-state index contributed by atoms with van der Waals surface area (Å²) in [6, 6.07) is 0.